The maximum Gasteiger partial charge on any atom is 0.401 e. The first kappa shape index (κ1) is 16.8. The first-order valence-corrected chi connectivity index (χ1v) is 8.68. The Morgan fingerprint density at radius 1 is 1.19 bits per heavy atom. The number of benzene rings is 1. The summed E-state index contributed by atoms with van der Waals surface area (Å²) in [6.07, 6.45) is 0. The van der Waals surface area contributed by atoms with E-state index in [-0.39, 0.29) is 18.5 Å². The molecule has 2 aromatic rings. The molecule has 0 bridgehead atoms. The van der Waals surface area contributed by atoms with Crippen LogP contribution in [0.4, 0.5) is 10.7 Å². The number of hydrogen-bond donors (Lipinski definition) is 0. The number of hydrogen-bond acceptors (Lipinski definition) is 3. The van der Waals surface area contributed by atoms with Crippen molar-refractivity contribution in [3.8, 4) is 0 Å². The highest BCUT2D eigenvalue weighted by molar-refractivity contribution is 6.30. The minimum absolute atomic E-state index is 0.198. The molecule has 2 aliphatic rings. The SMILES string of the molecule is Cc1c(C)[n+](C)c2n1C1C(=O)N(Cc3ccc(Cl)cc3)C(=O)N(C)C1=N2. The predicted molar refractivity (Wildman–Crippen MR) is 96.4 cm³/mol. The van der Waals surface area contributed by atoms with Crippen LogP contribution in [0.3, 0.4) is 0 Å². The van der Waals surface area contributed by atoms with Gasteiger partial charge in [-0.3, -0.25) is 14.6 Å². The van der Waals surface area contributed by atoms with Gasteiger partial charge < -0.3 is 0 Å². The second kappa shape index (κ2) is 5.67. The average molecular weight is 373 g/mol. The molecule has 4 rings (SSSR count). The van der Waals surface area contributed by atoms with Crippen molar-refractivity contribution in [2.24, 2.45) is 12.0 Å². The van der Waals surface area contributed by atoms with E-state index >= 15 is 0 Å². The molecular weight excluding hydrogens is 354 g/mol. The Balaban J connectivity index is 1.75. The van der Waals surface area contributed by atoms with Crippen molar-refractivity contribution in [2.45, 2.75) is 26.4 Å². The number of amides is 3. The van der Waals surface area contributed by atoms with E-state index in [1.54, 1.807) is 19.2 Å². The summed E-state index contributed by atoms with van der Waals surface area (Å²) in [5.41, 5.74) is 2.85. The first-order valence-electron chi connectivity index (χ1n) is 8.30. The molecule has 3 heterocycles. The number of aromatic nitrogens is 2. The zero-order valence-electron chi connectivity index (χ0n) is 15.0. The van der Waals surface area contributed by atoms with Crippen LogP contribution in [0.5, 0.6) is 0 Å². The average Bonchev–Trinajstić information content (AvgIpc) is 3.11. The molecule has 0 N–H and O–H groups in total. The highest BCUT2D eigenvalue weighted by Crippen LogP contribution is 2.35. The van der Waals surface area contributed by atoms with Crippen LogP contribution in [0.1, 0.15) is 23.0 Å². The van der Waals surface area contributed by atoms with Crippen molar-refractivity contribution in [2.75, 3.05) is 7.05 Å². The number of urea groups is 1. The molecule has 134 valence electrons. The van der Waals surface area contributed by atoms with Gasteiger partial charge in [0.25, 0.3) is 5.91 Å². The number of fused-ring (bicyclic) bond motifs is 3. The smallest absolute Gasteiger partial charge is 0.270 e. The van der Waals surface area contributed by atoms with E-state index < -0.39 is 6.04 Å². The van der Waals surface area contributed by atoms with E-state index in [4.69, 9.17) is 11.6 Å². The lowest BCUT2D eigenvalue weighted by atomic mass is 10.1. The van der Waals surface area contributed by atoms with Crippen LogP contribution in [0, 0.1) is 13.8 Å². The molecule has 1 aromatic carbocycles. The number of carbonyl (C=O) groups excluding carboxylic acids is 2. The van der Waals surface area contributed by atoms with Crippen molar-refractivity contribution < 1.29 is 14.2 Å². The lowest BCUT2D eigenvalue weighted by Gasteiger charge is -2.33. The van der Waals surface area contributed by atoms with Gasteiger partial charge in [-0.15, -0.1) is 0 Å². The van der Waals surface area contributed by atoms with Gasteiger partial charge >= 0.3 is 12.0 Å². The summed E-state index contributed by atoms with van der Waals surface area (Å²) in [5.74, 6) is 0.890. The minimum Gasteiger partial charge on any atom is -0.270 e. The second-order valence-electron chi connectivity index (χ2n) is 6.66. The molecule has 2 aliphatic heterocycles. The van der Waals surface area contributed by atoms with Crippen LogP contribution in [-0.4, -0.2) is 39.2 Å². The first-order chi connectivity index (χ1) is 12.3. The molecule has 1 saturated heterocycles. The summed E-state index contributed by atoms with van der Waals surface area (Å²) in [5, 5.41) is 0.614. The molecule has 7 nitrogen and oxygen atoms in total. The molecule has 0 saturated carbocycles. The van der Waals surface area contributed by atoms with Gasteiger partial charge in [-0.25, -0.2) is 13.9 Å². The Kier molecular flexibility index (Phi) is 3.66. The number of rotatable bonds is 2. The van der Waals surface area contributed by atoms with Gasteiger partial charge in [0.1, 0.15) is 11.4 Å². The summed E-state index contributed by atoms with van der Waals surface area (Å²) in [4.78, 5) is 33.3. The topological polar surface area (TPSA) is 61.8 Å². The van der Waals surface area contributed by atoms with Crippen molar-refractivity contribution in [3.05, 3.63) is 46.2 Å². The van der Waals surface area contributed by atoms with E-state index in [0.717, 1.165) is 17.0 Å². The quantitative estimate of drug-likeness (QED) is 0.759. The Labute approximate surface area is 156 Å². The zero-order chi connectivity index (χ0) is 18.7. The monoisotopic (exact) mass is 372 g/mol. The molecule has 1 aromatic heterocycles. The molecule has 0 spiro atoms. The molecule has 0 aliphatic carbocycles. The molecule has 0 radical (unpaired) electrons. The van der Waals surface area contributed by atoms with Crippen LogP contribution >= 0.6 is 11.6 Å². The highest BCUT2D eigenvalue weighted by Gasteiger charge is 2.53. The van der Waals surface area contributed by atoms with E-state index in [9.17, 15) is 9.59 Å². The second-order valence-corrected chi connectivity index (χ2v) is 7.10. The van der Waals surface area contributed by atoms with Gasteiger partial charge in [0.2, 0.25) is 11.9 Å². The molecule has 26 heavy (non-hydrogen) atoms. The molecule has 3 amide bonds. The van der Waals surface area contributed by atoms with Crippen molar-refractivity contribution in [3.63, 3.8) is 0 Å². The summed E-state index contributed by atoms with van der Waals surface area (Å²) in [6.45, 7) is 4.15. The summed E-state index contributed by atoms with van der Waals surface area (Å²) < 4.78 is 3.85. The number of carbonyl (C=O) groups is 2. The number of aliphatic imine (C=N–C) groups is 1. The number of imidazole rings is 1. The fraction of sp³-hybridized carbons (Fsp3) is 0.333. The fourth-order valence-electron chi connectivity index (χ4n) is 3.51. The maximum atomic E-state index is 13.2. The fourth-order valence-corrected chi connectivity index (χ4v) is 3.64. The molecule has 8 heteroatoms. The Bertz CT molecular complexity index is 976. The third kappa shape index (κ3) is 2.20. The summed E-state index contributed by atoms with van der Waals surface area (Å²) in [6, 6.07) is 6.15. The molecular formula is C18H19ClN5O2+. The minimum atomic E-state index is -0.611. The Morgan fingerprint density at radius 2 is 1.85 bits per heavy atom. The molecule has 1 fully saturated rings. The number of nitrogens with zero attached hydrogens (tertiary/aromatic N) is 5. The van der Waals surface area contributed by atoms with E-state index in [1.165, 1.54) is 9.80 Å². The largest absolute Gasteiger partial charge is 0.401 e. The van der Waals surface area contributed by atoms with E-state index in [0.29, 0.717) is 16.8 Å². The number of halogens is 1. The number of imide groups is 1. The lowest BCUT2D eigenvalue weighted by Crippen LogP contribution is -2.57. The van der Waals surface area contributed by atoms with Crippen LogP contribution in [0.25, 0.3) is 0 Å². The normalized spacial score (nSPS) is 19.0. The van der Waals surface area contributed by atoms with Crippen LogP contribution < -0.4 is 4.57 Å². The highest BCUT2D eigenvalue weighted by atomic mass is 35.5. The third-order valence-corrected chi connectivity index (χ3v) is 5.49. The van der Waals surface area contributed by atoms with E-state index in [1.807, 2.05) is 42.2 Å². The standard InChI is InChI=1S/C18H19ClN5O2/c1-10-11(2)24-14-15(20-17(24)21(10)3)22(4)18(26)23(16(14)25)9-12-5-7-13(19)8-6-12/h5-8,14H,9H2,1-4H3/q+1. The van der Waals surface area contributed by atoms with Gasteiger partial charge in [-0.05, 0) is 31.5 Å². The number of amidine groups is 1. The van der Waals surface area contributed by atoms with Crippen molar-refractivity contribution in [1.29, 1.82) is 0 Å². The maximum absolute atomic E-state index is 13.2. The van der Waals surface area contributed by atoms with Crippen LogP contribution in [0.2, 0.25) is 5.02 Å². The zero-order valence-corrected chi connectivity index (χ0v) is 15.8. The van der Waals surface area contributed by atoms with Gasteiger partial charge in [-0.2, -0.15) is 0 Å². The molecule has 1 unspecified atom stereocenters. The Hall–Kier alpha value is -2.67. The van der Waals surface area contributed by atoms with Crippen LogP contribution in [0.15, 0.2) is 29.3 Å². The van der Waals surface area contributed by atoms with Gasteiger partial charge in [0, 0.05) is 12.1 Å². The lowest BCUT2D eigenvalue weighted by molar-refractivity contribution is -0.663. The molecule has 1 atom stereocenters. The number of likely N-dealkylation sites (N-methyl/N-ethyl adjacent to an activating group) is 1. The van der Waals surface area contributed by atoms with E-state index in [2.05, 4.69) is 4.99 Å². The van der Waals surface area contributed by atoms with Gasteiger partial charge in [0.15, 0.2) is 0 Å². The van der Waals surface area contributed by atoms with Crippen LogP contribution in [-0.2, 0) is 18.4 Å². The summed E-state index contributed by atoms with van der Waals surface area (Å²) in [7, 11) is 3.57. The predicted octanol–water partition coefficient (Wildman–Crippen LogP) is 2.26. The van der Waals surface area contributed by atoms with Crippen molar-refractivity contribution >= 4 is 35.3 Å². The Morgan fingerprint density at radius 3 is 2.50 bits per heavy atom. The van der Waals surface area contributed by atoms with Crippen molar-refractivity contribution in [1.82, 2.24) is 14.4 Å². The van der Waals surface area contributed by atoms with Gasteiger partial charge in [0.05, 0.1) is 13.6 Å². The van der Waals surface area contributed by atoms with Gasteiger partial charge in [-0.1, -0.05) is 28.7 Å². The third-order valence-electron chi connectivity index (χ3n) is 5.24. The summed E-state index contributed by atoms with van der Waals surface area (Å²) >= 11 is 5.92.